The number of nitrogens with one attached hydrogen (secondary N) is 1. The molecule has 0 bridgehead atoms. The summed E-state index contributed by atoms with van der Waals surface area (Å²) in [4.78, 5) is 27.7. The van der Waals surface area contributed by atoms with Crippen molar-refractivity contribution in [2.45, 2.75) is 24.8 Å². The van der Waals surface area contributed by atoms with Crippen molar-refractivity contribution < 1.29 is 9.15 Å². The summed E-state index contributed by atoms with van der Waals surface area (Å²) in [7, 11) is 1.84. The van der Waals surface area contributed by atoms with Crippen LogP contribution in [0, 0.1) is 6.92 Å². The van der Waals surface area contributed by atoms with Gasteiger partial charge in [0.1, 0.15) is 11.5 Å². The van der Waals surface area contributed by atoms with Gasteiger partial charge < -0.3 is 18.7 Å². The monoisotopic (exact) mass is 397 g/mol. The zero-order valence-corrected chi connectivity index (χ0v) is 16.5. The lowest BCUT2D eigenvalue weighted by Crippen LogP contribution is -2.06. The second-order valence-electron chi connectivity index (χ2n) is 6.10. The largest absolute Gasteiger partial charge is 0.493 e. The minimum atomic E-state index is -0.250. The Bertz CT molecular complexity index is 1190. The first-order chi connectivity index (χ1) is 13.6. The predicted octanol–water partition coefficient (Wildman–Crippen LogP) is 3.31. The number of hydrogen-bond acceptors (Lipinski definition) is 7. The number of hydrogen-bond donors (Lipinski definition) is 1. The molecule has 3 aromatic heterocycles. The van der Waals surface area contributed by atoms with Crippen LogP contribution in [0.15, 0.2) is 45.0 Å². The van der Waals surface area contributed by atoms with Gasteiger partial charge in [-0.3, -0.25) is 4.79 Å². The van der Waals surface area contributed by atoms with E-state index >= 15 is 0 Å². The number of aryl methyl sites for hydroxylation is 2. The highest BCUT2D eigenvalue weighted by Crippen LogP contribution is 2.32. The van der Waals surface area contributed by atoms with E-state index in [0.717, 1.165) is 22.8 Å². The van der Waals surface area contributed by atoms with E-state index in [1.165, 1.54) is 18.1 Å². The van der Waals surface area contributed by atoms with Crippen LogP contribution in [-0.4, -0.2) is 31.1 Å². The number of rotatable bonds is 6. The van der Waals surface area contributed by atoms with E-state index in [0.29, 0.717) is 34.6 Å². The van der Waals surface area contributed by atoms with Gasteiger partial charge in [-0.05, 0) is 26.0 Å². The predicted molar refractivity (Wildman–Crippen MR) is 107 cm³/mol. The lowest BCUT2D eigenvalue weighted by molar-refractivity contribution is 0.340. The molecular formula is C19H19N5O3S. The number of thioether (sulfide) groups is 1. The lowest BCUT2D eigenvalue weighted by Gasteiger charge is -2.06. The number of aromatic nitrogens is 5. The molecule has 0 saturated carbocycles. The normalized spacial score (nSPS) is 11.2. The van der Waals surface area contributed by atoms with Crippen molar-refractivity contribution in [3.05, 3.63) is 52.4 Å². The highest BCUT2D eigenvalue weighted by molar-refractivity contribution is 7.98. The number of para-hydroxylation sites is 1. The fourth-order valence-electron chi connectivity index (χ4n) is 2.85. The lowest BCUT2D eigenvalue weighted by atomic mass is 10.2. The topological polar surface area (TPSA) is 98.8 Å². The first kappa shape index (κ1) is 18.3. The zero-order chi connectivity index (χ0) is 19.7. The van der Waals surface area contributed by atoms with E-state index < -0.39 is 0 Å². The highest BCUT2D eigenvalue weighted by Gasteiger charge is 2.17. The number of ether oxygens (including phenoxy) is 1. The molecule has 4 aromatic rings. The van der Waals surface area contributed by atoms with Crippen LogP contribution in [0.1, 0.15) is 18.4 Å². The number of fused-ring (bicyclic) bond motifs is 1. The third-order valence-electron chi connectivity index (χ3n) is 4.27. The van der Waals surface area contributed by atoms with E-state index in [4.69, 9.17) is 9.15 Å². The quantitative estimate of drug-likeness (QED) is 0.498. The first-order valence-electron chi connectivity index (χ1n) is 8.80. The van der Waals surface area contributed by atoms with Crippen LogP contribution >= 0.6 is 11.8 Å². The maximum Gasteiger partial charge on any atom is 0.278 e. The van der Waals surface area contributed by atoms with Gasteiger partial charge >= 0.3 is 0 Å². The molecule has 3 heterocycles. The van der Waals surface area contributed by atoms with Gasteiger partial charge in [-0.15, -0.1) is 0 Å². The number of oxazole rings is 1. The van der Waals surface area contributed by atoms with Gasteiger partial charge in [0.25, 0.3) is 5.56 Å². The van der Waals surface area contributed by atoms with Crippen molar-refractivity contribution in [1.82, 2.24) is 24.5 Å². The molecule has 4 rings (SSSR count). The molecular weight excluding hydrogens is 378 g/mol. The SMILES string of the molecule is CCOc1ccccc1-c1nc(CSc2nc3c(=O)[nH]cnc3n2C)c(C)o1. The third kappa shape index (κ3) is 3.29. The number of imidazole rings is 1. The average Bonchev–Trinajstić information content (AvgIpc) is 3.22. The number of benzene rings is 1. The molecule has 9 heteroatoms. The average molecular weight is 397 g/mol. The molecule has 0 atom stereocenters. The summed E-state index contributed by atoms with van der Waals surface area (Å²) in [6, 6.07) is 7.67. The van der Waals surface area contributed by atoms with E-state index in [2.05, 4.69) is 19.9 Å². The molecule has 0 spiro atoms. The van der Waals surface area contributed by atoms with Crippen molar-refractivity contribution in [3.8, 4) is 17.2 Å². The molecule has 1 N–H and O–H groups in total. The fourth-order valence-corrected chi connectivity index (χ4v) is 3.82. The molecule has 0 fully saturated rings. The molecule has 0 aliphatic heterocycles. The minimum Gasteiger partial charge on any atom is -0.493 e. The summed E-state index contributed by atoms with van der Waals surface area (Å²) in [6.07, 6.45) is 1.38. The third-order valence-corrected chi connectivity index (χ3v) is 5.31. The Hall–Kier alpha value is -3.07. The Labute approximate surface area is 165 Å². The maximum absolute atomic E-state index is 11.9. The van der Waals surface area contributed by atoms with Crippen LogP contribution < -0.4 is 10.3 Å². The highest BCUT2D eigenvalue weighted by atomic mass is 32.2. The van der Waals surface area contributed by atoms with E-state index in [-0.39, 0.29) is 5.56 Å². The van der Waals surface area contributed by atoms with Crippen LogP contribution in [0.5, 0.6) is 5.75 Å². The second-order valence-corrected chi connectivity index (χ2v) is 7.04. The first-order valence-corrected chi connectivity index (χ1v) is 9.78. The van der Waals surface area contributed by atoms with Crippen molar-refractivity contribution in [2.75, 3.05) is 6.61 Å². The van der Waals surface area contributed by atoms with Crippen LogP contribution in [0.4, 0.5) is 0 Å². The number of nitrogens with zero attached hydrogens (tertiary/aromatic N) is 4. The summed E-state index contributed by atoms with van der Waals surface area (Å²) in [5.41, 5.74) is 2.27. The Morgan fingerprint density at radius 1 is 1.29 bits per heavy atom. The summed E-state index contributed by atoms with van der Waals surface area (Å²) in [5, 5.41) is 0.692. The summed E-state index contributed by atoms with van der Waals surface area (Å²) < 4.78 is 13.4. The molecule has 8 nitrogen and oxygen atoms in total. The van der Waals surface area contributed by atoms with Crippen LogP contribution in [0.25, 0.3) is 22.6 Å². The number of H-pyrrole nitrogens is 1. The molecule has 0 amide bonds. The van der Waals surface area contributed by atoms with Gasteiger partial charge in [-0.1, -0.05) is 23.9 Å². The summed E-state index contributed by atoms with van der Waals surface area (Å²) >= 11 is 1.48. The van der Waals surface area contributed by atoms with Crippen LogP contribution in [0.2, 0.25) is 0 Å². The molecule has 1 aromatic carbocycles. The Balaban J connectivity index is 1.60. The molecule has 0 radical (unpaired) electrons. The molecule has 0 aliphatic rings. The summed E-state index contributed by atoms with van der Waals surface area (Å²) in [5.74, 6) is 2.57. The van der Waals surface area contributed by atoms with Crippen LogP contribution in [-0.2, 0) is 12.8 Å². The molecule has 144 valence electrons. The van der Waals surface area contributed by atoms with Gasteiger partial charge in [0.05, 0.1) is 24.2 Å². The standard InChI is InChI=1S/C19H19N5O3S/c1-4-26-14-8-6-5-7-12(14)18-22-13(11(2)27-18)9-28-19-23-15-16(24(19)3)20-10-21-17(15)25/h5-8,10H,4,9H2,1-3H3,(H,20,21,25). The van der Waals surface area contributed by atoms with Crippen molar-refractivity contribution >= 4 is 22.9 Å². The van der Waals surface area contributed by atoms with Gasteiger partial charge in [0.15, 0.2) is 16.3 Å². The fraction of sp³-hybridized carbons (Fsp3) is 0.263. The van der Waals surface area contributed by atoms with Crippen molar-refractivity contribution in [2.24, 2.45) is 7.05 Å². The van der Waals surface area contributed by atoms with E-state index in [1.807, 2.05) is 45.2 Å². The van der Waals surface area contributed by atoms with Crippen molar-refractivity contribution in [3.63, 3.8) is 0 Å². The van der Waals surface area contributed by atoms with Gasteiger partial charge in [0, 0.05) is 12.8 Å². The molecule has 0 unspecified atom stereocenters. The Morgan fingerprint density at radius 3 is 2.89 bits per heavy atom. The smallest absolute Gasteiger partial charge is 0.278 e. The molecule has 0 aliphatic carbocycles. The number of aromatic amines is 1. The van der Waals surface area contributed by atoms with Gasteiger partial charge in [-0.2, -0.15) is 0 Å². The maximum atomic E-state index is 11.9. The van der Waals surface area contributed by atoms with E-state index in [9.17, 15) is 4.79 Å². The van der Waals surface area contributed by atoms with Crippen LogP contribution in [0.3, 0.4) is 0 Å². The molecule has 28 heavy (non-hydrogen) atoms. The van der Waals surface area contributed by atoms with Gasteiger partial charge in [0.2, 0.25) is 5.89 Å². The van der Waals surface area contributed by atoms with Gasteiger partial charge in [-0.25, -0.2) is 15.0 Å². The molecule has 0 saturated heterocycles. The van der Waals surface area contributed by atoms with E-state index in [1.54, 1.807) is 4.57 Å². The van der Waals surface area contributed by atoms with Crippen molar-refractivity contribution in [1.29, 1.82) is 0 Å². The summed E-state index contributed by atoms with van der Waals surface area (Å²) in [6.45, 7) is 4.40. The zero-order valence-electron chi connectivity index (χ0n) is 15.7. The minimum absolute atomic E-state index is 0.250. The Morgan fingerprint density at radius 2 is 2.11 bits per heavy atom. The Kier molecular flexibility index (Phi) is 4.91. The second kappa shape index (κ2) is 7.51.